The lowest BCUT2D eigenvalue weighted by atomic mass is 9.98. The zero-order valence-corrected chi connectivity index (χ0v) is 10.8. The molecule has 1 aliphatic rings. The van der Waals surface area contributed by atoms with Crippen molar-refractivity contribution in [3.63, 3.8) is 0 Å². The maximum atomic E-state index is 11.8. The first kappa shape index (κ1) is 12.0. The zero-order chi connectivity index (χ0) is 13.2. The van der Waals surface area contributed by atoms with Crippen LogP contribution in [0.25, 0.3) is 0 Å². The van der Waals surface area contributed by atoms with Gasteiger partial charge in [-0.2, -0.15) is 0 Å². The molecule has 6 nitrogen and oxygen atoms in total. The van der Waals surface area contributed by atoms with Crippen LogP contribution in [0.3, 0.4) is 0 Å². The lowest BCUT2D eigenvalue weighted by Gasteiger charge is -2.23. The van der Waals surface area contributed by atoms with Crippen molar-refractivity contribution < 1.29 is 9.32 Å². The number of aromatic nitrogens is 3. The molecule has 0 bridgehead atoms. The summed E-state index contributed by atoms with van der Waals surface area (Å²) in [6.45, 7) is 3.41. The van der Waals surface area contributed by atoms with E-state index in [1.165, 1.54) is 0 Å². The molecule has 0 aliphatic carbocycles. The van der Waals surface area contributed by atoms with Gasteiger partial charge >= 0.3 is 0 Å². The topological polar surface area (TPSA) is 73.0 Å². The second-order valence-electron chi connectivity index (χ2n) is 4.94. The number of aryl methyl sites for hydroxylation is 2. The highest BCUT2D eigenvalue weighted by Gasteiger charge is 2.20. The summed E-state index contributed by atoms with van der Waals surface area (Å²) < 4.78 is 7.10. The molecule has 1 atom stereocenters. The summed E-state index contributed by atoms with van der Waals surface area (Å²) in [6, 6.07) is 1.64. The first-order chi connectivity index (χ1) is 9.22. The number of carbonyl (C=O) groups excluding carboxylic acids is 1. The van der Waals surface area contributed by atoms with Crippen LogP contribution >= 0.6 is 0 Å². The fourth-order valence-electron chi connectivity index (χ4n) is 2.38. The number of hydrogen-bond acceptors (Lipinski definition) is 4. The largest absolute Gasteiger partial charge is 0.351 e. The molecule has 0 aromatic carbocycles. The second-order valence-corrected chi connectivity index (χ2v) is 4.94. The highest BCUT2D eigenvalue weighted by Crippen LogP contribution is 2.18. The number of rotatable bonds is 3. The average molecular weight is 260 g/mol. The summed E-state index contributed by atoms with van der Waals surface area (Å²) in [5.41, 5.74) is 0.713. The molecule has 0 radical (unpaired) electrons. The molecular weight excluding hydrogens is 244 g/mol. The van der Waals surface area contributed by atoms with Crippen molar-refractivity contribution in [2.75, 3.05) is 6.54 Å². The summed E-state index contributed by atoms with van der Waals surface area (Å²) in [5, 5.41) is 6.60. The molecule has 0 fully saturated rings. The van der Waals surface area contributed by atoms with E-state index < -0.39 is 0 Å². The van der Waals surface area contributed by atoms with E-state index in [0.717, 1.165) is 25.2 Å². The van der Waals surface area contributed by atoms with Crippen LogP contribution in [0.1, 0.15) is 28.5 Å². The molecule has 3 rings (SSSR count). The van der Waals surface area contributed by atoms with Gasteiger partial charge in [-0.25, -0.2) is 4.98 Å². The third-order valence-corrected chi connectivity index (χ3v) is 3.45. The van der Waals surface area contributed by atoms with E-state index in [1.54, 1.807) is 13.0 Å². The molecule has 3 heterocycles. The van der Waals surface area contributed by atoms with Crippen LogP contribution in [0.5, 0.6) is 0 Å². The van der Waals surface area contributed by atoms with Crippen molar-refractivity contribution in [1.29, 1.82) is 0 Å². The third kappa shape index (κ3) is 2.52. The molecule has 1 aliphatic heterocycles. The summed E-state index contributed by atoms with van der Waals surface area (Å²) in [7, 11) is 0. The van der Waals surface area contributed by atoms with Gasteiger partial charge in [0.1, 0.15) is 5.82 Å². The van der Waals surface area contributed by atoms with Gasteiger partial charge in [-0.15, -0.1) is 0 Å². The van der Waals surface area contributed by atoms with Gasteiger partial charge in [0.2, 0.25) is 5.76 Å². The van der Waals surface area contributed by atoms with Crippen LogP contribution in [0.4, 0.5) is 0 Å². The van der Waals surface area contributed by atoms with Crippen molar-refractivity contribution in [3.05, 3.63) is 35.7 Å². The van der Waals surface area contributed by atoms with Crippen molar-refractivity contribution in [3.8, 4) is 0 Å². The highest BCUT2D eigenvalue weighted by atomic mass is 16.5. The molecule has 100 valence electrons. The van der Waals surface area contributed by atoms with E-state index in [0.29, 0.717) is 18.2 Å². The van der Waals surface area contributed by atoms with Gasteiger partial charge in [-0.1, -0.05) is 5.16 Å². The molecule has 2 aromatic heterocycles. The Morgan fingerprint density at radius 2 is 2.53 bits per heavy atom. The Bertz CT molecular complexity index is 587. The van der Waals surface area contributed by atoms with Gasteiger partial charge in [0.05, 0.1) is 5.69 Å². The number of carbonyl (C=O) groups is 1. The summed E-state index contributed by atoms with van der Waals surface area (Å²) in [5.74, 6) is 1.60. The molecule has 0 saturated carbocycles. The maximum Gasteiger partial charge on any atom is 0.289 e. The van der Waals surface area contributed by atoms with E-state index in [-0.39, 0.29) is 11.7 Å². The van der Waals surface area contributed by atoms with E-state index in [4.69, 9.17) is 4.52 Å². The van der Waals surface area contributed by atoms with E-state index in [9.17, 15) is 4.79 Å². The third-order valence-electron chi connectivity index (χ3n) is 3.45. The second kappa shape index (κ2) is 4.87. The maximum absolute atomic E-state index is 11.8. The lowest BCUT2D eigenvalue weighted by molar-refractivity contribution is 0.0907. The number of nitrogens with one attached hydrogen (secondary N) is 1. The van der Waals surface area contributed by atoms with Crippen LogP contribution in [0.2, 0.25) is 0 Å². The van der Waals surface area contributed by atoms with Crippen LogP contribution in [0.15, 0.2) is 23.0 Å². The SMILES string of the molecule is Cc1cc(C(=O)NC[C@@H]2CCn3ccnc3C2)on1. The normalized spacial score (nSPS) is 18.1. The number of imidazole rings is 1. The van der Waals surface area contributed by atoms with Gasteiger partial charge in [0, 0.05) is 38.0 Å². The Labute approximate surface area is 110 Å². The van der Waals surface area contributed by atoms with Gasteiger partial charge in [-0.3, -0.25) is 4.79 Å². The summed E-state index contributed by atoms with van der Waals surface area (Å²) in [4.78, 5) is 16.1. The quantitative estimate of drug-likeness (QED) is 0.899. The minimum Gasteiger partial charge on any atom is -0.351 e. The Kier molecular flexibility index (Phi) is 3.06. The molecule has 0 saturated heterocycles. The van der Waals surface area contributed by atoms with E-state index >= 15 is 0 Å². The van der Waals surface area contributed by atoms with Crippen molar-refractivity contribution in [2.24, 2.45) is 5.92 Å². The first-order valence-electron chi connectivity index (χ1n) is 6.44. The van der Waals surface area contributed by atoms with E-state index in [2.05, 4.69) is 20.0 Å². The Morgan fingerprint density at radius 3 is 3.32 bits per heavy atom. The standard InChI is InChI=1S/C13H16N4O2/c1-9-6-11(19-16-9)13(18)15-8-10-2-4-17-5-3-14-12(17)7-10/h3,5-6,10H,2,4,7-8H2,1H3,(H,15,18)/t10-/m1/s1. The molecule has 6 heteroatoms. The number of fused-ring (bicyclic) bond motifs is 1. The number of nitrogens with zero attached hydrogens (tertiary/aromatic N) is 3. The lowest BCUT2D eigenvalue weighted by Crippen LogP contribution is -2.33. The van der Waals surface area contributed by atoms with Gasteiger partial charge < -0.3 is 14.4 Å². The molecule has 1 N–H and O–H groups in total. The Hall–Kier alpha value is -2.11. The van der Waals surface area contributed by atoms with Crippen LogP contribution < -0.4 is 5.32 Å². The highest BCUT2D eigenvalue weighted by molar-refractivity contribution is 5.91. The fraction of sp³-hybridized carbons (Fsp3) is 0.462. The van der Waals surface area contributed by atoms with Gasteiger partial charge in [0.25, 0.3) is 5.91 Å². The predicted molar refractivity (Wildman–Crippen MR) is 67.6 cm³/mol. The first-order valence-corrected chi connectivity index (χ1v) is 6.44. The number of hydrogen-bond donors (Lipinski definition) is 1. The van der Waals surface area contributed by atoms with E-state index in [1.807, 2.05) is 12.4 Å². The zero-order valence-electron chi connectivity index (χ0n) is 10.8. The van der Waals surface area contributed by atoms with Crippen molar-refractivity contribution in [1.82, 2.24) is 20.0 Å². The summed E-state index contributed by atoms with van der Waals surface area (Å²) in [6.07, 6.45) is 5.79. The average Bonchev–Trinajstić information content (AvgIpc) is 3.03. The van der Waals surface area contributed by atoms with Crippen LogP contribution in [-0.4, -0.2) is 27.2 Å². The Morgan fingerprint density at radius 1 is 1.63 bits per heavy atom. The van der Waals surface area contributed by atoms with Crippen molar-refractivity contribution >= 4 is 5.91 Å². The fourth-order valence-corrected chi connectivity index (χ4v) is 2.38. The van der Waals surface area contributed by atoms with Gasteiger partial charge in [-0.05, 0) is 19.3 Å². The number of amides is 1. The van der Waals surface area contributed by atoms with Crippen molar-refractivity contribution in [2.45, 2.75) is 26.3 Å². The molecule has 19 heavy (non-hydrogen) atoms. The molecule has 1 amide bonds. The molecule has 0 unspecified atom stereocenters. The van der Waals surface area contributed by atoms with Crippen LogP contribution in [-0.2, 0) is 13.0 Å². The minimum absolute atomic E-state index is 0.200. The predicted octanol–water partition coefficient (Wildman–Crippen LogP) is 1.17. The summed E-state index contributed by atoms with van der Waals surface area (Å²) >= 11 is 0. The Balaban J connectivity index is 1.55. The molecular formula is C13H16N4O2. The van der Waals surface area contributed by atoms with Crippen LogP contribution in [0, 0.1) is 12.8 Å². The molecule has 0 spiro atoms. The monoisotopic (exact) mass is 260 g/mol. The minimum atomic E-state index is -0.200. The molecule has 2 aromatic rings. The van der Waals surface area contributed by atoms with Gasteiger partial charge in [0.15, 0.2) is 0 Å². The smallest absolute Gasteiger partial charge is 0.289 e.